The molecule has 0 radical (unpaired) electrons. The van der Waals surface area contributed by atoms with Crippen LogP contribution in [0.3, 0.4) is 0 Å². The summed E-state index contributed by atoms with van der Waals surface area (Å²) >= 11 is 0. The maximum Gasteiger partial charge on any atom is 0.130 e. The lowest BCUT2D eigenvalue weighted by atomic mass is 9.90. The highest BCUT2D eigenvalue weighted by Gasteiger charge is 2.28. The highest BCUT2D eigenvalue weighted by molar-refractivity contribution is 5.54. The van der Waals surface area contributed by atoms with Crippen LogP contribution < -0.4 is 15.2 Å². The molecular weight excluding hydrogens is 328 g/mol. The number of hydrogen-bond acceptors (Lipinski definition) is 4. The van der Waals surface area contributed by atoms with E-state index in [4.69, 9.17) is 18.9 Å². The summed E-state index contributed by atoms with van der Waals surface area (Å²) in [5.41, 5.74) is 1.18. The minimum absolute atomic E-state index is 0.241. The molecule has 2 aliphatic heterocycles. The molecule has 3 aliphatic rings. The number of allylic oxidation sites excluding steroid dienone is 1. The van der Waals surface area contributed by atoms with Gasteiger partial charge in [-0.3, -0.25) is 0 Å². The van der Waals surface area contributed by atoms with E-state index < -0.39 is 0 Å². The minimum atomic E-state index is 0.241. The van der Waals surface area contributed by atoms with Gasteiger partial charge in [-0.15, -0.1) is 6.58 Å². The second kappa shape index (κ2) is 7.85. The third kappa shape index (κ3) is 3.97. The van der Waals surface area contributed by atoms with Gasteiger partial charge in [0.15, 0.2) is 0 Å². The average molecular weight is 356 g/mol. The minimum Gasteiger partial charge on any atom is -0.494 e. The van der Waals surface area contributed by atoms with Gasteiger partial charge in [-0.05, 0) is 24.8 Å². The zero-order valence-corrected chi connectivity index (χ0v) is 15.5. The van der Waals surface area contributed by atoms with Gasteiger partial charge in [0, 0.05) is 16.4 Å². The fourth-order valence-corrected chi connectivity index (χ4v) is 3.62. The molecule has 0 aromatic heterocycles. The average Bonchev–Trinajstić information content (AvgIpc) is 3.54. The molecule has 140 valence electrons. The summed E-state index contributed by atoms with van der Waals surface area (Å²) in [4.78, 5) is 0. The number of rotatable bonds is 10. The molecule has 1 aromatic rings. The van der Waals surface area contributed by atoms with Crippen molar-refractivity contribution in [1.82, 2.24) is 0 Å². The smallest absolute Gasteiger partial charge is 0.130 e. The van der Waals surface area contributed by atoms with E-state index in [-0.39, 0.29) is 12.2 Å². The fourth-order valence-electron chi connectivity index (χ4n) is 3.62. The molecule has 4 rings (SSSR count). The van der Waals surface area contributed by atoms with Gasteiger partial charge in [0.1, 0.15) is 36.9 Å². The first-order valence-electron chi connectivity index (χ1n) is 9.76. The third-order valence-corrected chi connectivity index (χ3v) is 5.16. The highest BCUT2D eigenvalue weighted by atomic mass is 16.6. The lowest BCUT2D eigenvalue weighted by Crippen LogP contribution is -2.36. The van der Waals surface area contributed by atoms with E-state index in [9.17, 15) is 0 Å². The van der Waals surface area contributed by atoms with Crippen molar-refractivity contribution in [1.29, 1.82) is 0 Å². The molecule has 0 spiro atoms. The second-order valence-electron chi connectivity index (χ2n) is 7.33. The van der Waals surface area contributed by atoms with Crippen LogP contribution in [-0.4, -0.2) is 38.6 Å². The number of hydrogen-bond donors (Lipinski definition) is 0. The van der Waals surface area contributed by atoms with Crippen LogP contribution in [0.5, 0.6) is 5.75 Å². The van der Waals surface area contributed by atoms with Gasteiger partial charge in [0.2, 0.25) is 0 Å². The molecular formula is C22H28O4. The van der Waals surface area contributed by atoms with Crippen molar-refractivity contribution in [3.8, 4) is 5.75 Å². The summed E-state index contributed by atoms with van der Waals surface area (Å²) in [5, 5.41) is 2.35. The molecule has 4 nitrogen and oxygen atoms in total. The quantitative estimate of drug-likeness (QED) is 0.477. The maximum atomic E-state index is 6.26. The van der Waals surface area contributed by atoms with Crippen LogP contribution in [0.4, 0.5) is 0 Å². The zero-order valence-electron chi connectivity index (χ0n) is 15.5. The first-order valence-corrected chi connectivity index (χ1v) is 9.76. The predicted octanol–water partition coefficient (Wildman–Crippen LogP) is 2.32. The summed E-state index contributed by atoms with van der Waals surface area (Å²) in [5.74, 6) is 2.52. The number of ether oxygens (including phenoxy) is 4. The summed E-state index contributed by atoms with van der Waals surface area (Å²) in [6.45, 7) is 9.00. The molecule has 3 unspecified atom stereocenters. The van der Waals surface area contributed by atoms with Gasteiger partial charge >= 0.3 is 0 Å². The van der Waals surface area contributed by atoms with E-state index in [1.807, 2.05) is 6.08 Å². The third-order valence-electron chi connectivity index (χ3n) is 5.16. The standard InChI is InChI=1S/C22H28O4/c1-3-5-15-7-9-20-19(21(15)25-13-17-11-23-17)10-8-16(6-4-2)22(20)26-14-18-12-24-18/h3,7,9-10,16-18H,1,4-6,8,11-14H2,2H3. The van der Waals surface area contributed by atoms with E-state index in [1.165, 1.54) is 16.0 Å². The van der Waals surface area contributed by atoms with Crippen LogP contribution in [-0.2, 0) is 20.6 Å². The van der Waals surface area contributed by atoms with Crippen molar-refractivity contribution < 1.29 is 18.9 Å². The molecule has 0 amide bonds. The molecule has 26 heavy (non-hydrogen) atoms. The van der Waals surface area contributed by atoms with Crippen LogP contribution in [0.1, 0.15) is 31.7 Å². The first kappa shape index (κ1) is 17.6. The van der Waals surface area contributed by atoms with Crippen LogP contribution in [0.15, 0.2) is 24.8 Å². The van der Waals surface area contributed by atoms with Gasteiger partial charge in [-0.1, -0.05) is 37.6 Å². The van der Waals surface area contributed by atoms with Crippen molar-refractivity contribution in [2.45, 2.75) is 44.8 Å². The molecule has 2 fully saturated rings. The van der Waals surface area contributed by atoms with Crippen molar-refractivity contribution in [3.05, 3.63) is 40.8 Å². The van der Waals surface area contributed by atoms with Gasteiger partial charge in [0.05, 0.1) is 13.2 Å². The molecule has 1 aromatic carbocycles. The summed E-state index contributed by atoms with van der Waals surface area (Å²) < 4.78 is 23.1. The Morgan fingerprint density at radius 3 is 2.54 bits per heavy atom. The normalized spacial score (nSPS) is 25.9. The van der Waals surface area contributed by atoms with Crippen molar-refractivity contribution >= 4 is 11.8 Å². The zero-order chi connectivity index (χ0) is 17.9. The Morgan fingerprint density at radius 2 is 1.88 bits per heavy atom. The van der Waals surface area contributed by atoms with Crippen LogP contribution >= 0.6 is 0 Å². The van der Waals surface area contributed by atoms with Crippen molar-refractivity contribution in [3.63, 3.8) is 0 Å². The van der Waals surface area contributed by atoms with E-state index in [0.29, 0.717) is 19.1 Å². The van der Waals surface area contributed by atoms with Gasteiger partial charge < -0.3 is 18.9 Å². The van der Waals surface area contributed by atoms with Crippen LogP contribution in [0, 0.1) is 5.92 Å². The maximum absolute atomic E-state index is 6.26. The van der Waals surface area contributed by atoms with Gasteiger partial charge in [-0.25, -0.2) is 0 Å². The largest absolute Gasteiger partial charge is 0.494 e. The van der Waals surface area contributed by atoms with E-state index in [2.05, 4.69) is 31.7 Å². The Bertz CT molecular complexity index is 774. The van der Waals surface area contributed by atoms with Gasteiger partial charge in [0.25, 0.3) is 0 Å². The Labute approximate surface area is 155 Å². The first-order chi connectivity index (χ1) is 12.8. The Kier molecular flexibility index (Phi) is 5.32. The SMILES string of the molecule is C=CCc1ccc2c(c1OCC1CO1)=CCC(CCC)C=2OCC1CO1. The summed E-state index contributed by atoms with van der Waals surface area (Å²) in [7, 11) is 0. The molecule has 0 saturated carbocycles. The Hall–Kier alpha value is -1.78. The Balaban J connectivity index is 1.74. The topological polar surface area (TPSA) is 43.5 Å². The highest BCUT2D eigenvalue weighted by Crippen LogP contribution is 2.27. The molecule has 4 heteroatoms. The van der Waals surface area contributed by atoms with E-state index in [0.717, 1.165) is 50.4 Å². The van der Waals surface area contributed by atoms with Crippen LogP contribution in [0.2, 0.25) is 0 Å². The number of epoxide rings is 2. The summed E-state index contributed by atoms with van der Waals surface area (Å²) in [6.07, 6.45) is 8.84. The van der Waals surface area contributed by atoms with E-state index in [1.54, 1.807) is 0 Å². The van der Waals surface area contributed by atoms with Crippen LogP contribution in [0.25, 0.3) is 11.8 Å². The Morgan fingerprint density at radius 1 is 1.15 bits per heavy atom. The fraction of sp³-hybridized carbons (Fsp3) is 0.545. The van der Waals surface area contributed by atoms with Crippen molar-refractivity contribution in [2.75, 3.05) is 26.4 Å². The molecule has 2 heterocycles. The molecule has 0 N–H and O–H groups in total. The molecule has 2 saturated heterocycles. The summed E-state index contributed by atoms with van der Waals surface area (Å²) in [6, 6.07) is 4.35. The van der Waals surface area contributed by atoms with E-state index >= 15 is 0 Å². The number of benzene rings is 1. The monoisotopic (exact) mass is 356 g/mol. The second-order valence-corrected chi connectivity index (χ2v) is 7.33. The van der Waals surface area contributed by atoms with Gasteiger partial charge in [-0.2, -0.15) is 0 Å². The van der Waals surface area contributed by atoms with Crippen molar-refractivity contribution in [2.24, 2.45) is 5.92 Å². The predicted molar refractivity (Wildman–Crippen MR) is 101 cm³/mol. The lowest BCUT2D eigenvalue weighted by molar-refractivity contribution is 0.205. The molecule has 1 aliphatic carbocycles. The lowest BCUT2D eigenvalue weighted by Gasteiger charge is -2.24. The number of fused-ring (bicyclic) bond motifs is 1. The molecule has 3 atom stereocenters. The molecule has 0 bridgehead atoms.